The van der Waals surface area contributed by atoms with Crippen molar-refractivity contribution < 1.29 is 18.7 Å². The van der Waals surface area contributed by atoms with Crippen molar-refractivity contribution in [3.05, 3.63) is 48.5 Å². The summed E-state index contributed by atoms with van der Waals surface area (Å²) in [4.78, 5) is 10.7. The molecular weight excluding hydrogens is 223 g/mol. The van der Waals surface area contributed by atoms with E-state index >= 15 is 0 Å². The lowest BCUT2D eigenvalue weighted by molar-refractivity contribution is -0.125. The van der Waals surface area contributed by atoms with Crippen molar-refractivity contribution in [1.82, 2.24) is 0 Å². The minimum absolute atomic E-state index is 0.0850. The fourth-order valence-electron chi connectivity index (χ4n) is 1.02. The van der Waals surface area contributed by atoms with Crippen LogP contribution in [0.5, 0.6) is 0 Å². The van der Waals surface area contributed by atoms with Crippen molar-refractivity contribution in [2.45, 2.75) is 13.8 Å². The van der Waals surface area contributed by atoms with Gasteiger partial charge in [0, 0.05) is 0 Å². The predicted octanol–water partition coefficient (Wildman–Crippen LogP) is 3.07. The van der Waals surface area contributed by atoms with Crippen LogP contribution in [0.15, 0.2) is 48.5 Å². The average Bonchev–Trinajstić information content (AvgIpc) is 2.32. The Labute approximate surface area is 101 Å². The highest BCUT2D eigenvalue weighted by Crippen LogP contribution is 2.19. The third kappa shape index (κ3) is 5.15. The van der Waals surface area contributed by atoms with Crippen molar-refractivity contribution in [3.63, 3.8) is 0 Å². The zero-order valence-electron chi connectivity index (χ0n) is 10.2. The highest BCUT2D eigenvalue weighted by atomic mass is 19.1. The van der Waals surface area contributed by atoms with Crippen LogP contribution < -0.4 is 0 Å². The number of rotatable bonds is 8. The van der Waals surface area contributed by atoms with Gasteiger partial charge in [-0.1, -0.05) is 25.3 Å². The Balaban J connectivity index is 5.13. The summed E-state index contributed by atoms with van der Waals surface area (Å²) < 4.78 is 23.2. The van der Waals surface area contributed by atoms with Gasteiger partial charge in [-0.15, -0.1) is 0 Å². The van der Waals surface area contributed by atoms with Crippen LogP contribution >= 0.6 is 0 Å². The summed E-state index contributed by atoms with van der Waals surface area (Å²) in [5, 5.41) is 0. The molecule has 0 amide bonds. The molecule has 0 aromatic rings. The quantitative estimate of drug-likeness (QED) is 0.215. The monoisotopic (exact) mass is 240 g/mol. The molecule has 0 radical (unpaired) electrons. The topological polar surface area (TPSA) is 35.5 Å². The molecule has 0 heterocycles. The summed E-state index contributed by atoms with van der Waals surface area (Å²) in [6.07, 6.45) is 4.63. The fraction of sp³-hybridized carbons (Fsp3) is 0.308. The molecule has 0 atom stereocenters. The molecule has 0 aromatic heterocycles. The van der Waals surface area contributed by atoms with E-state index < -0.39 is 6.04 Å². The molecule has 0 saturated heterocycles. The Morgan fingerprint density at radius 1 is 1.24 bits per heavy atom. The minimum Gasteiger partial charge on any atom is -0.486 e. The van der Waals surface area contributed by atoms with Gasteiger partial charge in [-0.25, -0.2) is 0 Å². The summed E-state index contributed by atoms with van der Waals surface area (Å²) >= 11 is 0. The molecule has 0 aliphatic rings. The Hall–Kier alpha value is -1.84. The smallest absolute Gasteiger partial charge is 0.331 e. The standard InChI is InChI=1S/C13H17FO3/c1-5-8-16-11(7-3)12(17-9-6-2)10(4)13(14)15/h5-7H,1-2,8-9H2,3-4H3. The second-order valence-corrected chi connectivity index (χ2v) is 3.08. The first-order valence-corrected chi connectivity index (χ1v) is 5.13. The van der Waals surface area contributed by atoms with Gasteiger partial charge in [-0.3, -0.25) is 4.79 Å². The third-order valence-corrected chi connectivity index (χ3v) is 1.82. The number of halogens is 1. The highest BCUT2D eigenvalue weighted by Gasteiger charge is 2.16. The predicted molar refractivity (Wildman–Crippen MR) is 64.9 cm³/mol. The molecule has 0 aromatic carbocycles. The number of hydrogen-bond acceptors (Lipinski definition) is 3. The van der Waals surface area contributed by atoms with Crippen LogP contribution in [0.4, 0.5) is 4.39 Å². The maximum atomic E-state index is 12.7. The first kappa shape index (κ1) is 15.2. The minimum atomic E-state index is -1.55. The molecule has 0 unspecified atom stereocenters. The van der Waals surface area contributed by atoms with Crippen LogP contribution in [0.3, 0.4) is 0 Å². The summed E-state index contributed by atoms with van der Waals surface area (Å²) in [6.45, 7) is 10.4. The van der Waals surface area contributed by atoms with Crippen LogP contribution in [0.1, 0.15) is 13.8 Å². The van der Waals surface area contributed by atoms with Crippen LogP contribution in [0, 0.1) is 0 Å². The average molecular weight is 240 g/mol. The molecule has 0 aliphatic carbocycles. The fourth-order valence-corrected chi connectivity index (χ4v) is 1.02. The number of hydrogen-bond donors (Lipinski definition) is 0. The van der Waals surface area contributed by atoms with Gasteiger partial charge in [0.2, 0.25) is 0 Å². The van der Waals surface area contributed by atoms with E-state index in [0.717, 1.165) is 0 Å². The molecule has 0 N–H and O–H groups in total. The van der Waals surface area contributed by atoms with Gasteiger partial charge in [-0.05, 0) is 19.9 Å². The molecule has 0 spiro atoms. The second kappa shape index (κ2) is 8.33. The van der Waals surface area contributed by atoms with Gasteiger partial charge in [0.05, 0.1) is 5.57 Å². The molecule has 4 heteroatoms. The number of carbonyl (C=O) groups excluding carboxylic acids is 1. The van der Waals surface area contributed by atoms with Gasteiger partial charge in [-0.2, -0.15) is 4.39 Å². The highest BCUT2D eigenvalue weighted by molar-refractivity contribution is 5.88. The van der Waals surface area contributed by atoms with Crippen LogP contribution in [0.25, 0.3) is 0 Å². The number of allylic oxidation sites excluding steroid dienone is 2. The van der Waals surface area contributed by atoms with E-state index in [0.29, 0.717) is 5.76 Å². The summed E-state index contributed by atoms with van der Waals surface area (Å²) in [6, 6.07) is -1.55. The third-order valence-electron chi connectivity index (χ3n) is 1.82. The van der Waals surface area contributed by atoms with E-state index in [4.69, 9.17) is 9.47 Å². The summed E-state index contributed by atoms with van der Waals surface area (Å²) in [7, 11) is 0. The Morgan fingerprint density at radius 3 is 2.18 bits per heavy atom. The Morgan fingerprint density at radius 2 is 1.76 bits per heavy atom. The largest absolute Gasteiger partial charge is 0.486 e. The molecule has 0 bridgehead atoms. The second-order valence-electron chi connectivity index (χ2n) is 3.08. The van der Waals surface area contributed by atoms with E-state index in [1.54, 1.807) is 19.1 Å². The van der Waals surface area contributed by atoms with Gasteiger partial charge in [0.1, 0.15) is 13.2 Å². The molecule has 0 rings (SSSR count). The zero-order valence-corrected chi connectivity index (χ0v) is 10.2. The van der Waals surface area contributed by atoms with Crippen molar-refractivity contribution >= 4 is 6.04 Å². The van der Waals surface area contributed by atoms with Crippen LogP contribution in [-0.2, 0) is 14.3 Å². The Kier molecular flexibility index (Phi) is 7.43. The van der Waals surface area contributed by atoms with E-state index in [1.165, 1.54) is 13.0 Å². The molecule has 17 heavy (non-hydrogen) atoms. The van der Waals surface area contributed by atoms with Gasteiger partial charge < -0.3 is 9.47 Å². The molecule has 0 saturated carbocycles. The zero-order chi connectivity index (χ0) is 13.3. The number of carbonyl (C=O) groups is 1. The van der Waals surface area contributed by atoms with E-state index in [2.05, 4.69) is 13.2 Å². The lowest BCUT2D eigenvalue weighted by Crippen LogP contribution is -2.07. The van der Waals surface area contributed by atoms with E-state index in [9.17, 15) is 9.18 Å². The van der Waals surface area contributed by atoms with Crippen LogP contribution in [0.2, 0.25) is 0 Å². The maximum absolute atomic E-state index is 12.7. The summed E-state index contributed by atoms with van der Waals surface area (Å²) in [5.41, 5.74) is -0.135. The lowest BCUT2D eigenvalue weighted by Gasteiger charge is -2.14. The van der Waals surface area contributed by atoms with Gasteiger partial charge in [0.15, 0.2) is 11.5 Å². The SMILES string of the molecule is C=CCOC(=CC)C(OCC=C)=C(C)C(=O)F. The van der Waals surface area contributed by atoms with Crippen molar-refractivity contribution in [3.8, 4) is 0 Å². The van der Waals surface area contributed by atoms with Crippen molar-refractivity contribution in [1.29, 1.82) is 0 Å². The lowest BCUT2D eigenvalue weighted by atomic mass is 10.2. The molecule has 3 nitrogen and oxygen atoms in total. The number of ether oxygens (including phenoxy) is 2. The normalized spacial score (nSPS) is 12.5. The van der Waals surface area contributed by atoms with Crippen molar-refractivity contribution in [2.24, 2.45) is 0 Å². The van der Waals surface area contributed by atoms with Crippen molar-refractivity contribution in [2.75, 3.05) is 13.2 Å². The molecule has 0 fully saturated rings. The molecular formula is C13H17FO3. The maximum Gasteiger partial charge on any atom is 0.331 e. The summed E-state index contributed by atoms with van der Waals surface area (Å²) in [5.74, 6) is 0.386. The van der Waals surface area contributed by atoms with E-state index in [1.807, 2.05) is 0 Å². The van der Waals surface area contributed by atoms with Gasteiger partial charge in [0.25, 0.3) is 0 Å². The first-order valence-electron chi connectivity index (χ1n) is 5.13. The Bertz CT molecular complexity index is 354. The molecule has 0 aliphatic heterocycles. The first-order chi connectivity index (χ1) is 8.08. The molecule has 94 valence electrons. The van der Waals surface area contributed by atoms with Gasteiger partial charge >= 0.3 is 6.04 Å². The van der Waals surface area contributed by atoms with Crippen LogP contribution in [-0.4, -0.2) is 19.3 Å². The van der Waals surface area contributed by atoms with E-state index in [-0.39, 0.29) is 24.5 Å².